The minimum absolute atomic E-state index is 0.346. The Morgan fingerprint density at radius 2 is 2.33 bits per heavy atom. The van der Waals surface area contributed by atoms with Crippen LogP contribution in [0, 0.1) is 13.2 Å². The van der Waals surface area contributed by atoms with Gasteiger partial charge in [-0.15, -0.1) is 0 Å². The Kier molecular flexibility index (Phi) is 0.605. The van der Waals surface area contributed by atoms with E-state index in [1.807, 2.05) is 0 Å². The summed E-state index contributed by atoms with van der Waals surface area (Å²) >= 11 is 0. The maximum absolute atomic E-state index is 10.4. The molecule has 1 aliphatic rings. The molecule has 1 aromatic rings. The van der Waals surface area contributed by atoms with E-state index in [9.17, 15) is 4.79 Å². The molecule has 0 saturated carbocycles. The van der Waals surface area contributed by atoms with Crippen LogP contribution in [-0.2, 0) is 0 Å². The molecule has 0 bridgehead atoms. The van der Waals surface area contributed by atoms with Crippen LogP contribution < -0.4 is 4.74 Å². The molecule has 1 radical (unpaired) electrons. The highest BCUT2D eigenvalue weighted by Crippen LogP contribution is 2.33. The number of hydrogen-bond donors (Lipinski definition) is 0. The van der Waals surface area contributed by atoms with Crippen LogP contribution in [0.5, 0.6) is 5.75 Å². The van der Waals surface area contributed by atoms with Crippen molar-refractivity contribution in [3.05, 3.63) is 17.6 Å². The fourth-order valence-electron chi connectivity index (χ4n) is 0.751. The fraction of sp³-hybridized carbons (Fsp3) is 0.167. The summed E-state index contributed by atoms with van der Waals surface area (Å²) in [6.45, 7) is 1.72. The molecule has 0 aromatic carbocycles. The lowest BCUT2D eigenvalue weighted by molar-refractivity contribution is 0.0659. The standard InChI is InChI=1S/C6H3O3/c1-3-5-4(2-8-3)6(7)9-5/h1H3. The van der Waals surface area contributed by atoms with E-state index >= 15 is 0 Å². The van der Waals surface area contributed by atoms with Crippen LogP contribution in [0.15, 0.2) is 4.42 Å². The van der Waals surface area contributed by atoms with Crippen LogP contribution in [0.2, 0.25) is 0 Å². The highest BCUT2D eigenvalue weighted by atomic mass is 16.6. The van der Waals surface area contributed by atoms with Crippen molar-refractivity contribution in [2.45, 2.75) is 6.92 Å². The summed E-state index contributed by atoms with van der Waals surface area (Å²) in [5, 5.41) is 0. The molecular weight excluding hydrogens is 120 g/mol. The molecule has 0 saturated heterocycles. The summed E-state index contributed by atoms with van der Waals surface area (Å²) in [5.74, 6) is 0.812. The van der Waals surface area contributed by atoms with Gasteiger partial charge in [0.1, 0.15) is 5.76 Å². The van der Waals surface area contributed by atoms with Gasteiger partial charge in [0.2, 0.25) is 0 Å². The van der Waals surface area contributed by atoms with E-state index < -0.39 is 0 Å². The summed E-state index contributed by atoms with van der Waals surface area (Å²) < 4.78 is 9.35. The predicted molar refractivity (Wildman–Crippen MR) is 27.2 cm³/mol. The van der Waals surface area contributed by atoms with Gasteiger partial charge in [0.25, 0.3) is 0 Å². The van der Waals surface area contributed by atoms with Gasteiger partial charge < -0.3 is 9.15 Å². The molecule has 0 spiro atoms. The van der Waals surface area contributed by atoms with E-state index in [-0.39, 0.29) is 5.97 Å². The van der Waals surface area contributed by atoms with Crippen molar-refractivity contribution < 1.29 is 13.9 Å². The van der Waals surface area contributed by atoms with Crippen molar-refractivity contribution in [2.75, 3.05) is 0 Å². The topological polar surface area (TPSA) is 39.4 Å². The Bertz CT molecular complexity index is 272. The number of fused-ring (bicyclic) bond motifs is 1. The lowest BCUT2D eigenvalue weighted by atomic mass is 10.2. The Labute approximate surface area is 51.2 Å². The maximum atomic E-state index is 10.4. The summed E-state index contributed by atoms with van der Waals surface area (Å²) in [4.78, 5) is 10.4. The van der Waals surface area contributed by atoms with Gasteiger partial charge in [-0.05, 0) is 6.92 Å². The molecule has 3 heteroatoms. The number of hydrogen-bond acceptors (Lipinski definition) is 3. The summed E-state index contributed by atoms with van der Waals surface area (Å²) in [6.07, 6.45) is 2.42. The molecule has 0 unspecified atom stereocenters. The van der Waals surface area contributed by atoms with Crippen molar-refractivity contribution in [3.8, 4) is 5.75 Å². The van der Waals surface area contributed by atoms with E-state index in [1.54, 1.807) is 6.92 Å². The van der Waals surface area contributed by atoms with Gasteiger partial charge in [-0.1, -0.05) is 0 Å². The second kappa shape index (κ2) is 1.18. The average Bonchev–Trinajstić information content (AvgIpc) is 2.07. The van der Waals surface area contributed by atoms with Gasteiger partial charge in [-0.3, -0.25) is 0 Å². The highest BCUT2D eigenvalue weighted by Gasteiger charge is 2.31. The molecule has 9 heavy (non-hydrogen) atoms. The molecule has 2 heterocycles. The largest absolute Gasteiger partial charge is 0.453 e. The zero-order valence-corrected chi connectivity index (χ0v) is 4.72. The number of furan rings is 1. The second-order valence-electron chi connectivity index (χ2n) is 1.85. The van der Waals surface area contributed by atoms with Gasteiger partial charge >= 0.3 is 5.97 Å². The number of aryl methyl sites for hydroxylation is 1. The van der Waals surface area contributed by atoms with Crippen molar-refractivity contribution in [1.82, 2.24) is 0 Å². The fourth-order valence-corrected chi connectivity index (χ4v) is 0.751. The quantitative estimate of drug-likeness (QED) is 0.481. The van der Waals surface area contributed by atoms with Crippen molar-refractivity contribution in [2.24, 2.45) is 0 Å². The number of carbonyl (C=O) groups excluding carboxylic acids is 1. The van der Waals surface area contributed by atoms with Crippen LogP contribution in [0.3, 0.4) is 0 Å². The van der Waals surface area contributed by atoms with Crippen molar-refractivity contribution in [1.29, 1.82) is 0 Å². The Hall–Kier alpha value is -1.25. The average molecular weight is 123 g/mol. The lowest BCUT2D eigenvalue weighted by Crippen LogP contribution is -2.19. The zero-order valence-electron chi connectivity index (χ0n) is 4.72. The molecule has 0 fully saturated rings. The molecule has 1 aromatic heterocycles. The van der Waals surface area contributed by atoms with Gasteiger partial charge in [0.05, 0.1) is 0 Å². The van der Waals surface area contributed by atoms with Crippen molar-refractivity contribution >= 4 is 5.97 Å². The third-order valence-corrected chi connectivity index (χ3v) is 1.25. The molecule has 45 valence electrons. The molecule has 0 atom stereocenters. The second-order valence-corrected chi connectivity index (χ2v) is 1.85. The van der Waals surface area contributed by atoms with Crippen LogP contribution in [-0.4, -0.2) is 5.97 Å². The van der Waals surface area contributed by atoms with Crippen molar-refractivity contribution in [3.63, 3.8) is 0 Å². The molecule has 3 nitrogen and oxygen atoms in total. The zero-order chi connectivity index (χ0) is 6.43. The monoisotopic (exact) mass is 123 g/mol. The predicted octanol–water partition coefficient (Wildman–Crippen LogP) is 0.921. The molecule has 0 aliphatic carbocycles. The molecule has 0 N–H and O–H groups in total. The Morgan fingerprint density at radius 1 is 1.56 bits per heavy atom. The lowest BCUT2D eigenvalue weighted by Gasteiger charge is -2.10. The van der Waals surface area contributed by atoms with E-state index in [2.05, 4.69) is 11.0 Å². The van der Waals surface area contributed by atoms with Crippen LogP contribution in [0.25, 0.3) is 0 Å². The first-order chi connectivity index (χ1) is 4.29. The first-order valence-electron chi connectivity index (χ1n) is 2.52. The van der Waals surface area contributed by atoms with Crippen LogP contribution >= 0.6 is 0 Å². The number of esters is 1. The minimum atomic E-state index is -0.346. The Balaban J connectivity index is 2.66. The normalized spacial score (nSPS) is 14.1. The van der Waals surface area contributed by atoms with Gasteiger partial charge in [-0.25, -0.2) is 4.79 Å². The minimum Gasteiger partial charge on any atom is -0.453 e. The molecule has 1 aliphatic heterocycles. The third kappa shape index (κ3) is 0.390. The van der Waals surface area contributed by atoms with E-state index in [0.717, 1.165) is 0 Å². The van der Waals surface area contributed by atoms with Crippen LogP contribution in [0.4, 0.5) is 0 Å². The smallest absolute Gasteiger partial charge is 0.351 e. The SMILES string of the molecule is Cc1o[c]c2c1OC2=O. The maximum Gasteiger partial charge on any atom is 0.351 e. The molecule has 0 amide bonds. The van der Waals surface area contributed by atoms with E-state index in [1.165, 1.54) is 0 Å². The van der Waals surface area contributed by atoms with E-state index in [0.29, 0.717) is 17.1 Å². The molecule has 2 rings (SSSR count). The molecular formula is C6H3O3. The Morgan fingerprint density at radius 3 is 2.78 bits per heavy atom. The van der Waals surface area contributed by atoms with Gasteiger partial charge in [-0.2, -0.15) is 0 Å². The number of ether oxygens (including phenoxy) is 1. The highest BCUT2D eigenvalue weighted by molar-refractivity contribution is 6.01. The number of carbonyl (C=O) groups is 1. The van der Waals surface area contributed by atoms with Crippen LogP contribution in [0.1, 0.15) is 16.1 Å². The summed E-state index contributed by atoms with van der Waals surface area (Å²) in [6, 6.07) is 0. The van der Waals surface area contributed by atoms with Gasteiger partial charge in [0, 0.05) is 0 Å². The summed E-state index contributed by atoms with van der Waals surface area (Å²) in [5.41, 5.74) is 0.438. The first kappa shape index (κ1) is 4.61. The third-order valence-electron chi connectivity index (χ3n) is 1.25. The number of rotatable bonds is 0. The first-order valence-corrected chi connectivity index (χ1v) is 2.52. The summed E-state index contributed by atoms with van der Waals surface area (Å²) in [7, 11) is 0. The van der Waals surface area contributed by atoms with Gasteiger partial charge in [0.15, 0.2) is 17.6 Å². The van der Waals surface area contributed by atoms with E-state index in [4.69, 9.17) is 4.42 Å².